The molecule has 0 aliphatic carbocycles. The maximum Gasteiger partial charge on any atom is 0.241 e. The van der Waals surface area contributed by atoms with Gasteiger partial charge >= 0.3 is 0 Å². The van der Waals surface area contributed by atoms with Gasteiger partial charge in [0, 0.05) is 67.9 Å². The molecule has 0 radical (unpaired) electrons. The lowest BCUT2D eigenvalue weighted by atomic mass is 9.89. The highest BCUT2D eigenvalue weighted by molar-refractivity contribution is 5.97. The summed E-state index contributed by atoms with van der Waals surface area (Å²) >= 11 is 0. The first-order valence-corrected chi connectivity index (χ1v) is 14.4. The molecule has 8 heteroatoms. The number of pyridine rings is 1. The highest BCUT2D eigenvalue weighted by atomic mass is 19.1. The Kier molecular flexibility index (Phi) is 8.11. The van der Waals surface area contributed by atoms with E-state index in [0.29, 0.717) is 31.2 Å². The molecule has 7 nitrogen and oxygen atoms in total. The van der Waals surface area contributed by atoms with E-state index in [1.165, 1.54) is 12.1 Å². The third-order valence-corrected chi connectivity index (χ3v) is 8.88. The molecule has 1 amide bonds. The summed E-state index contributed by atoms with van der Waals surface area (Å²) < 4.78 is 19.2. The molecule has 2 saturated heterocycles. The molecule has 0 spiro atoms. The summed E-state index contributed by atoms with van der Waals surface area (Å²) in [6, 6.07) is 10.1. The number of fused-ring (bicyclic) bond motifs is 1. The van der Waals surface area contributed by atoms with Gasteiger partial charge in [-0.2, -0.15) is 0 Å². The van der Waals surface area contributed by atoms with Crippen LogP contribution in [0.1, 0.15) is 64.3 Å². The molecular weight excluding hydrogens is 493 g/mol. The second-order valence-electron chi connectivity index (χ2n) is 12.6. The van der Waals surface area contributed by atoms with E-state index >= 15 is 0 Å². The minimum absolute atomic E-state index is 0.0416. The van der Waals surface area contributed by atoms with Crippen molar-refractivity contribution in [3.05, 3.63) is 59.2 Å². The minimum Gasteiger partial charge on any atom is -0.378 e. The molecule has 3 aliphatic heterocycles. The van der Waals surface area contributed by atoms with Crippen LogP contribution >= 0.6 is 0 Å². The predicted molar refractivity (Wildman–Crippen MR) is 153 cm³/mol. The Morgan fingerprint density at radius 3 is 2.54 bits per heavy atom. The van der Waals surface area contributed by atoms with E-state index in [2.05, 4.69) is 62.7 Å². The van der Waals surface area contributed by atoms with Crippen molar-refractivity contribution in [2.45, 2.75) is 77.0 Å². The number of carbonyl (C=O) groups excluding carboxylic acids is 1. The van der Waals surface area contributed by atoms with Crippen LogP contribution in [0, 0.1) is 5.82 Å². The average molecular weight is 538 g/mol. The Balaban J connectivity index is 1.36. The normalized spacial score (nSPS) is 28.3. The van der Waals surface area contributed by atoms with Crippen molar-refractivity contribution in [1.82, 2.24) is 20.1 Å². The van der Waals surface area contributed by atoms with Gasteiger partial charge in [0.15, 0.2) is 0 Å². The smallest absolute Gasteiger partial charge is 0.241 e. The van der Waals surface area contributed by atoms with Crippen LogP contribution in [0.25, 0.3) is 0 Å². The van der Waals surface area contributed by atoms with E-state index in [-0.39, 0.29) is 29.1 Å². The van der Waals surface area contributed by atoms with Crippen molar-refractivity contribution in [3.63, 3.8) is 0 Å². The van der Waals surface area contributed by atoms with Gasteiger partial charge in [-0.3, -0.25) is 19.6 Å². The zero-order chi connectivity index (χ0) is 27.9. The molecule has 2 aromatic rings. The minimum atomic E-state index is -0.241. The highest BCUT2D eigenvalue weighted by Crippen LogP contribution is 2.41. The van der Waals surface area contributed by atoms with E-state index in [4.69, 9.17) is 9.72 Å². The summed E-state index contributed by atoms with van der Waals surface area (Å²) in [5, 5.41) is 3.63. The fourth-order valence-corrected chi connectivity index (χ4v) is 6.46. The first-order valence-electron chi connectivity index (χ1n) is 14.4. The number of benzene rings is 1. The monoisotopic (exact) mass is 537 g/mol. The number of nitrogens with one attached hydrogen (secondary N) is 1. The van der Waals surface area contributed by atoms with Crippen LogP contribution < -0.4 is 10.2 Å². The van der Waals surface area contributed by atoms with Gasteiger partial charge in [-0.05, 0) is 50.1 Å². The molecule has 4 heterocycles. The van der Waals surface area contributed by atoms with Crippen molar-refractivity contribution >= 4 is 11.6 Å². The lowest BCUT2D eigenvalue weighted by molar-refractivity contribution is -0.121. The van der Waals surface area contributed by atoms with E-state index in [9.17, 15) is 9.18 Å². The maximum absolute atomic E-state index is 14.0. The second-order valence-corrected chi connectivity index (χ2v) is 12.6. The van der Waals surface area contributed by atoms with Crippen molar-refractivity contribution in [2.24, 2.45) is 0 Å². The van der Waals surface area contributed by atoms with Gasteiger partial charge in [0.05, 0.1) is 31.1 Å². The number of halogens is 1. The lowest BCUT2D eigenvalue weighted by Gasteiger charge is -2.46. The fourth-order valence-electron chi connectivity index (χ4n) is 6.46. The van der Waals surface area contributed by atoms with Gasteiger partial charge in [0.1, 0.15) is 5.82 Å². The summed E-state index contributed by atoms with van der Waals surface area (Å²) in [5.41, 5.74) is 3.70. The average Bonchev–Trinajstić information content (AvgIpc) is 3.17. The van der Waals surface area contributed by atoms with Crippen LogP contribution in [0.3, 0.4) is 0 Å². The second kappa shape index (κ2) is 11.2. The summed E-state index contributed by atoms with van der Waals surface area (Å²) in [7, 11) is 0. The van der Waals surface area contributed by atoms with Crippen LogP contribution in [-0.2, 0) is 14.9 Å². The number of aromatic nitrogens is 1. The number of rotatable bonds is 6. The molecule has 2 fully saturated rings. The van der Waals surface area contributed by atoms with Gasteiger partial charge in [-0.15, -0.1) is 0 Å². The third-order valence-electron chi connectivity index (χ3n) is 8.88. The molecule has 5 rings (SSSR count). The SMILES string of the molecule is C[C@H](c1ccc(F)cc1)c1cnc2c(c1)N(C(=O)CN1C[C@@H](C)NC[C@@H]1CN1[C@H](C)COC[C@H]1C)CC2(C)C. The Hall–Kier alpha value is -2.39. The fraction of sp³-hybridized carbons (Fsp3) is 0.613. The summed E-state index contributed by atoms with van der Waals surface area (Å²) in [4.78, 5) is 25.7. The van der Waals surface area contributed by atoms with Crippen molar-refractivity contribution in [1.29, 1.82) is 0 Å². The molecule has 5 atom stereocenters. The molecule has 1 aromatic heterocycles. The molecule has 1 aromatic carbocycles. The van der Waals surface area contributed by atoms with E-state index in [1.54, 1.807) is 0 Å². The number of carbonyl (C=O) groups is 1. The van der Waals surface area contributed by atoms with E-state index in [0.717, 1.165) is 55.4 Å². The van der Waals surface area contributed by atoms with Crippen LogP contribution in [-0.4, -0.2) is 90.8 Å². The molecule has 0 bridgehead atoms. The summed E-state index contributed by atoms with van der Waals surface area (Å²) in [5.74, 6) is -0.0769. The molecule has 0 saturated carbocycles. The number of morpholine rings is 1. The van der Waals surface area contributed by atoms with Crippen molar-refractivity contribution in [2.75, 3.05) is 50.8 Å². The Bertz CT molecular complexity index is 1160. The zero-order valence-electron chi connectivity index (χ0n) is 24.3. The highest BCUT2D eigenvalue weighted by Gasteiger charge is 2.41. The number of ether oxygens (including phenoxy) is 1. The summed E-state index contributed by atoms with van der Waals surface area (Å²) in [6.07, 6.45) is 1.92. The van der Waals surface area contributed by atoms with Gasteiger partial charge in [-0.1, -0.05) is 32.9 Å². The van der Waals surface area contributed by atoms with Crippen molar-refractivity contribution < 1.29 is 13.9 Å². The van der Waals surface area contributed by atoms with E-state index in [1.807, 2.05) is 23.2 Å². The van der Waals surface area contributed by atoms with Crippen LogP contribution in [0.2, 0.25) is 0 Å². The molecular formula is C31H44FN5O2. The number of piperazine rings is 1. The first kappa shape index (κ1) is 28.1. The number of hydrogen-bond donors (Lipinski definition) is 1. The number of hydrogen-bond acceptors (Lipinski definition) is 6. The van der Waals surface area contributed by atoms with Gasteiger partial charge in [-0.25, -0.2) is 4.39 Å². The predicted octanol–water partition coefficient (Wildman–Crippen LogP) is 3.77. The van der Waals surface area contributed by atoms with Gasteiger partial charge < -0.3 is 15.0 Å². The molecule has 212 valence electrons. The van der Waals surface area contributed by atoms with E-state index < -0.39 is 0 Å². The zero-order valence-corrected chi connectivity index (χ0v) is 24.3. The van der Waals surface area contributed by atoms with Gasteiger partial charge in [0.25, 0.3) is 0 Å². The summed E-state index contributed by atoms with van der Waals surface area (Å²) in [6.45, 7) is 18.2. The number of anilines is 1. The van der Waals surface area contributed by atoms with Crippen LogP contribution in [0.5, 0.6) is 0 Å². The standard InChI is InChI=1S/C31H44FN5O2/c1-20-14-35(27(13-33-20)15-36-21(2)17-39-18-22(36)3)16-29(38)37-19-31(5,6)30-28(37)11-25(12-34-30)23(4)24-7-9-26(32)10-8-24/h7-12,20-23,27,33H,13-19H2,1-6H3/t20-,21-,22-,23-,27-/m1/s1. The topological polar surface area (TPSA) is 60.9 Å². The molecule has 3 aliphatic rings. The maximum atomic E-state index is 14.0. The first-order chi connectivity index (χ1) is 18.5. The van der Waals surface area contributed by atoms with Crippen LogP contribution in [0.15, 0.2) is 36.5 Å². The van der Waals surface area contributed by atoms with Crippen molar-refractivity contribution in [3.8, 4) is 0 Å². The van der Waals surface area contributed by atoms with Crippen LogP contribution in [0.4, 0.5) is 10.1 Å². The Morgan fingerprint density at radius 1 is 1.15 bits per heavy atom. The molecule has 1 N–H and O–H groups in total. The quantitative estimate of drug-likeness (QED) is 0.606. The Morgan fingerprint density at radius 2 is 1.85 bits per heavy atom. The third kappa shape index (κ3) is 5.89. The number of nitrogens with zero attached hydrogens (tertiary/aromatic N) is 4. The Labute approximate surface area is 232 Å². The number of amides is 1. The lowest BCUT2D eigenvalue weighted by Crippen LogP contribution is -2.63. The largest absolute Gasteiger partial charge is 0.378 e. The molecule has 39 heavy (non-hydrogen) atoms. The molecule has 0 unspecified atom stereocenters. The van der Waals surface area contributed by atoms with Gasteiger partial charge in [0.2, 0.25) is 5.91 Å².